The third kappa shape index (κ3) is 9.62. The van der Waals surface area contributed by atoms with E-state index in [1.807, 2.05) is 97.1 Å². The molecule has 0 spiro atoms. The van der Waals surface area contributed by atoms with E-state index in [0.29, 0.717) is 39.5 Å². The molecule has 63 heavy (non-hydrogen) atoms. The van der Waals surface area contributed by atoms with Crippen molar-refractivity contribution in [3.05, 3.63) is 201 Å². The molecule has 310 valence electrons. The fourth-order valence-electron chi connectivity index (χ4n) is 7.23. The fourth-order valence-corrected chi connectivity index (χ4v) is 7.92. The van der Waals surface area contributed by atoms with Crippen LogP contribution in [0.4, 0.5) is 17.6 Å². The normalized spacial score (nSPS) is 11.5. The molecule has 0 saturated carbocycles. The number of benzene rings is 4. The van der Waals surface area contributed by atoms with Gasteiger partial charge in [0.25, 0.3) is 0 Å². The summed E-state index contributed by atoms with van der Waals surface area (Å²) in [5, 5.41) is 2.00. The van der Waals surface area contributed by atoms with Gasteiger partial charge in [0.15, 0.2) is 0 Å². The molecule has 8 nitrogen and oxygen atoms in total. The predicted octanol–water partition coefficient (Wildman–Crippen LogP) is 13.2. The predicted molar refractivity (Wildman–Crippen MR) is 244 cm³/mol. The minimum atomic E-state index is -4.39. The van der Waals surface area contributed by atoms with Crippen LogP contribution in [0.5, 0.6) is 0 Å². The first-order chi connectivity index (χ1) is 30.5. The van der Waals surface area contributed by atoms with Crippen LogP contribution in [0.15, 0.2) is 167 Å². The topological polar surface area (TPSA) is 109 Å². The summed E-state index contributed by atoms with van der Waals surface area (Å²) >= 11 is 6.85. The molecular formula is C49H32Br2F4N8. The maximum absolute atomic E-state index is 13.6. The first-order valence-corrected chi connectivity index (χ1v) is 21.2. The lowest BCUT2D eigenvalue weighted by Crippen LogP contribution is -2.05. The number of nitrogens with one attached hydrogen (secondary N) is 2. The summed E-state index contributed by atoms with van der Waals surface area (Å²) in [4.78, 5) is 34.2. The van der Waals surface area contributed by atoms with E-state index >= 15 is 0 Å². The van der Waals surface area contributed by atoms with Crippen LogP contribution in [0, 0.1) is 5.82 Å². The van der Waals surface area contributed by atoms with Gasteiger partial charge in [-0.1, -0.05) is 66.7 Å². The second-order valence-electron chi connectivity index (χ2n) is 14.5. The van der Waals surface area contributed by atoms with Crippen molar-refractivity contribution < 1.29 is 17.6 Å². The third-order valence-corrected chi connectivity index (χ3v) is 11.0. The van der Waals surface area contributed by atoms with Crippen molar-refractivity contribution in [2.75, 3.05) is 0 Å². The molecular weight excluding hydrogens is 936 g/mol. The largest absolute Gasteiger partial charge is 0.416 e. The molecule has 10 rings (SSSR count). The van der Waals surface area contributed by atoms with Crippen LogP contribution >= 0.6 is 31.9 Å². The molecule has 0 aliphatic rings. The van der Waals surface area contributed by atoms with Crippen LogP contribution < -0.4 is 0 Å². The number of alkyl halides is 3. The summed E-state index contributed by atoms with van der Waals surface area (Å²) in [6.45, 7) is 0. The molecule has 0 fully saturated rings. The number of hydrogen-bond donors (Lipinski definition) is 2. The summed E-state index contributed by atoms with van der Waals surface area (Å²) in [6, 6.07) is 42.9. The Balaban J connectivity index is 0.000000161. The fraction of sp³-hybridized carbons (Fsp3) is 0.0612. The smallest absolute Gasteiger partial charge is 0.340 e. The average Bonchev–Trinajstić information content (AvgIpc) is 3.91. The summed E-state index contributed by atoms with van der Waals surface area (Å²) in [5.41, 5.74) is 8.77. The van der Waals surface area contributed by atoms with E-state index in [2.05, 4.69) is 67.8 Å². The molecule has 0 amide bonds. The van der Waals surface area contributed by atoms with E-state index in [-0.39, 0.29) is 12.2 Å². The number of halogens is 6. The summed E-state index contributed by atoms with van der Waals surface area (Å²) in [7, 11) is 0. The molecule has 14 heteroatoms. The maximum Gasteiger partial charge on any atom is 0.416 e. The highest BCUT2D eigenvalue weighted by molar-refractivity contribution is 9.10. The molecule has 0 aliphatic heterocycles. The molecule has 6 aromatic heterocycles. The van der Waals surface area contributed by atoms with Crippen molar-refractivity contribution in [3.63, 3.8) is 0 Å². The number of fused-ring (bicyclic) bond motifs is 2. The summed E-state index contributed by atoms with van der Waals surface area (Å²) in [6.07, 6.45) is -0.159. The zero-order valence-corrected chi connectivity index (χ0v) is 36.0. The molecule has 0 atom stereocenters. The number of imidazole rings is 2. The molecule has 4 aromatic carbocycles. The van der Waals surface area contributed by atoms with Crippen LogP contribution in [-0.2, 0) is 19.0 Å². The van der Waals surface area contributed by atoms with E-state index in [9.17, 15) is 17.6 Å². The lowest BCUT2D eigenvalue weighted by atomic mass is 10.1. The first-order valence-electron chi connectivity index (χ1n) is 19.6. The number of rotatable bonds is 8. The van der Waals surface area contributed by atoms with E-state index in [0.717, 1.165) is 78.1 Å². The number of aromatic amines is 2. The zero-order valence-electron chi connectivity index (χ0n) is 32.9. The third-order valence-electron chi connectivity index (χ3n) is 10.1. The number of aromatic nitrogens is 8. The molecule has 0 bridgehead atoms. The van der Waals surface area contributed by atoms with Gasteiger partial charge in [-0.2, -0.15) is 13.2 Å². The second kappa shape index (κ2) is 17.8. The monoisotopic (exact) mass is 966 g/mol. The highest BCUT2D eigenvalue weighted by Gasteiger charge is 2.30. The van der Waals surface area contributed by atoms with Crippen LogP contribution in [0.25, 0.3) is 67.1 Å². The number of nitrogens with zero attached hydrogens (tertiary/aromatic N) is 6. The van der Waals surface area contributed by atoms with Crippen LogP contribution in [0.3, 0.4) is 0 Å². The highest BCUT2D eigenvalue weighted by Crippen LogP contribution is 2.35. The Kier molecular flexibility index (Phi) is 11.7. The summed E-state index contributed by atoms with van der Waals surface area (Å²) in [5.74, 6) is 1.04. The van der Waals surface area contributed by atoms with Crippen molar-refractivity contribution in [2.45, 2.75) is 19.0 Å². The second-order valence-corrected chi connectivity index (χ2v) is 16.1. The minimum Gasteiger partial charge on any atom is -0.340 e. The molecule has 0 unspecified atom stereocenters. The SMILES string of the molecule is FC(F)(F)c1cccc(Cc2nc(-c3ccc4ncccc4c3)c(-c3cccc(Br)n3)[nH]2)c1.Fc1cccc(Cc2nc(-c3ccc4ncccc4c3)c(-c3cccc(Br)n3)[nH]2)c1. The molecule has 2 N–H and O–H groups in total. The Morgan fingerprint density at radius 1 is 0.492 bits per heavy atom. The van der Waals surface area contributed by atoms with E-state index < -0.39 is 11.7 Å². The Morgan fingerprint density at radius 2 is 0.984 bits per heavy atom. The van der Waals surface area contributed by atoms with Gasteiger partial charge < -0.3 is 9.97 Å². The molecule has 10 aromatic rings. The van der Waals surface area contributed by atoms with E-state index in [4.69, 9.17) is 9.97 Å². The van der Waals surface area contributed by atoms with Gasteiger partial charge in [-0.25, -0.2) is 24.3 Å². The van der Waals surface area contributed by atoms with Crippen molar-refractivity contribution in [3.8, 4) is 45.3 Å². The van der Waals surface area contributed by atoms with Gasteiger partial charge in [0, 0.05) is 47.1 Å². The molecule has 0 saturated heterocycles. The van der Waals surface area contributed by atoms with Gasteiger partial charge in [-0.05, 0) is 122 Å². The minimum absolute atomic E-state index is 0.222. The summed E-state index contributed by atoms with van der Waals surface area (Å²) < 4.78 is 54.5. The van der Waals surface area contributed by atoms with Crippen molar-refractivity contribution >= 4 is 53.7 Å². The van der Waals surface area contributed by atoms with Crippen molar-refractivity contribution in [2.24, 2.45) is 0 Å². The van der Waals surface area contributed by atoms with Gasteiger partial charge in [0.05, 0.1) is 50.8 Å². The van der Waals surface area contributed by atoms with Gasteiger partial charge in [-0.3, -0.25) is 9.97 Å². The van der Waals surface area contributed by atoms with Crippen LogP contribution in [0.1, 0.15) is 28.3 Å². The Hall–Kier alpha value is -6.90. The Labute approximate surface area is 374 Å². The zero-order chi connectivity index (χ0) is 43.5. The van der Waals surface area contributed by atoms with E-state index in [1.165, 1.54) is 18.2 Å². The van der Waals surface area contributed by atoms with Gasteiger partial charge in [-0.15, -0.1) is 0 Å². The highest BCUT2D eigenvalue weighted by atomic mass is 79.9. The maximum atomic E-state index is 13.6. The van der Waals surface area contributed by atoms with Crippen molar-refractivity contribution in [1.82, 2.24) is 39.9 Å². The Morgan fingerprint density at radius 3 is 1.48 bits per heavy atom. The average molecular weight is 969 g/mol. The number of pyridine rings is 4. The van der Waals surface area contributed by atoms with Gasteiger partial charge >= 0.3 is 6.18 Å². The Bertz CT molecular complexity index is 3260. The quantitative estimate of drug-likeness (QED) is 0.116. The number of hydrogen-bond acceptors (Lipinski definition) is 6. The van der Waals surface area contributed by atoms with E-state index in [1.54, 1.807) is 24.5 Å². The van der Waals surface area contributed by atoms with Gasteiger partial charge in [0.1, 0.15) is 26.7 Å². The molecule has 0 aliphatic carbocycles. The first kappa shape index (κ1) is 41.5. The lowest BCUT2D eigenvalue weighted by molar-refractivity contribution is -0.137. The van der Waals surface area contributed by atoms with Crippen LogP contribution in [-0.4, -0.2) is 39.9 Å². The standard InChI is InChI=1S/C25H16BrF3N4.C24H16BrFN4/c26-21-8-2-7-20(31-21)24-23(17-9-10-19-16(14-17)5-3-11-30-19)32-22(33-24)13-15-4-1-6-18(12-15)25(27,28)29;25-21-8-2-7-20(28-21)24-23(17-9-10-19-16(14-17)5-3-11-27-19)29-22(30-24)13-15-4-1-6-18(26)12-15/h1-12,14H,13H2,(H,32,33);1-12,14H,13H2,(H,29,30). The molecule has 6 heterocycles. The van der Waals surface area contributed by atoms with Gasteiger partial charge in [0.2, 0.25) is 0 Å². The van der Waals surface area contributed by atoms with Crippen LogP contribution in [0.2, 0.25) is 0 Å². The lowest BCUT2D eigenvalue weighted by Gasteiger charge is -2.07. The number of H-pyrrole nitrogens is 2. The molecule has 0 radical (unpaired) electrons. The van der Waals surface area contributed by atoms with Crippen molar-refractivity contribution in [1.29, 1.82) is 0 Å².